The number of para-hydroxylation sites is 1. The summed E-state index contributed by atoms with van der Waals surface area (Å²) in [6.45, 7) is 0. The van der Waals surface area contributed by atoms with E-state index in [0.717, 1.165) is 33.2 Å². The Morgan fingerprint density at radius 1 is 0.304 bits per heavy atom. The molecule has 2 heterocycles. The van der Waals surface area contributed by atoms with Crippen molar-refractivity contribution in [3.05, 3.63) is 281 Å². The van der Waals surface area contributed by atoms with Crippen LogP contribution in [-0.4, -0.2) is 14.5 Å². The Morgan fingerprint density at radius 3 is 1.45 bits per heavy atom. The summed E-state index contributed by atoms with van der Waals surface area (Å²) in [4.78, 5) is 11.1. The lowest BCUT2D eigenvalue weighted by molar-refractivity contribution is 0.633. The van der Waals surface area contributed by atoms with Crippen LogP contribution in [0.5, 0.6) is 0 Å². The minimum absolute atomic E-state index is 0.501. The smallest absolute Gasteiger partial charge is 0.235 e. The lowest BCUT2D eigenvalue weighted by atomic mass is 9.52. The number of hydrogen-bond donors (Lipinski definition) is 0. The summed E-state index contributed by atoms with van der Waals surface area (Å²) in [5, 5.41) is 8.11. The maximum atomic E-state index is 5.64. The van der Waals surface area contributed by atoms with E-state index in [0.29, 0.717) is 5.95 Å². The van der Waals surface area contributed by atoms with Crippen LogP contribution in [0.4, 0.5) is 0 Å². The van der Waals surface area contributed by atoms with Crippen molar-refractivity contribution in [1.29, 1.82) is 0 Å². The second-order valence-electron chi connectivity index (χ2n) is 19.1. The minimum atomic E-state index is -0.612. The Hall–Kier alpha value is -8.92. The maximum Gasteiger partial charge on any atom is 0.235 e. The predicted octanol–water partition coefficient (Wildman–Crippen LogP) is 15.7. The third-order valence-electron chi connectivity index (χ3n) is 16.1. The molecule has 0 radical (unpaired) electrons. The van der Waals surface area contributed by atoms with E-state index in [1.807, 2.05) is 0 Å². The van der Waals surface area contributed by atoms with Gasteiger partial charge < -0.3 is 0 Å². The molecule has 2 aromatic heterocycles. The minimum Gasteiger partial charge on any atom is -0.277 e. The highest BCUT2D eigenvalue weighted by molar-refractivity contribution is 6.20. The molecular formula is C66H39N3. The molecule has 11 aromatic carbocycles. The van der Waals surface area contributed by atoms with Gasteiger partial charge in [0.05, 0.1) is 33.1 Å². The first-order chi connectivity index (χ1) is 34.2. The molecule has 3 nitrogen and oxygen atoms in total. The summed E-state index contributed by atoms with van der Waals surface area (Å²) in [5.74, 6) is 0.656. The highest BCUT2D eigenvalue weighted by atomic mass is 15.2. The number of fused-ring (bicyclic) bond motifs is 23. The Kier molecular flexibility index (Phi) is 7.21. The van der Waals surface area contributed by atoms with E-state index in [9.17, 15) is 0 Å². The average molecular weight is 874 g/mol. The van der Waals surface area contributed by atoms with E-state index in [2.05, 4.69) is 241 Å². The number of aromatic nitrogens is 3. The predicted molar refractivity (Wildman–Crippen MR) is 282 cm³/mol. The molecule has 13 aromatic rings. The largest absolute Gasteiger partial charge is 0.277 e. The molecule has 0 N–H and O–H groups in total. The molecule has 3 aliphatic rings. The van der Waals surface area contributed by atoms with Crippen molar-refractivity contribution in [3.8, 4) is 39.5 Å². The molecule has 0 saturated carbocycles. The molecule has 0 unspecified atom stereocenters. The van der Waals surface area contributed by atoms with Gasteiger partial charge in [-0.2, -0.15) is 0 Å². The number of hydrogen-bond acceptors (Lipinski definition) is 2. The van der Waals surface area contributed by atoms with Gasteiger partial charge in [-0.3, -0.25) is 4.57 Å². The molecule has 69 heavy (non-hydrogen) atoms. The van der Waals surface area contributed by atoms with Gasteiger partial charge in [-0.05, 0) is 107 Å². The summed E-state index contributed by atoms with van der Waals surface area (Å²) >= 11 is 0. The van der Waals surface area contributed by atoms with Gasteiger partial charge >= 0.3 is 0 Å². The molecule has 0 fully saturated rings. The molecular weight excluding hydrogens is 835 g/mol. The van der Waals surface area contributed by atoms with Crippen LogP contribution < -0.4 is 0 Å². The van der Waals surface area contributed by atoms with Crippen molar-refractivity contribution in [3.63, 3.8) is 0 Å². The zero-order valence-corrected chi connectivity index (χ0v) is 37.4. The van der Waals surface area contributed by atoms with E-state index < -0.39 is 10.8 Å². The van der Waals surface area contributed by atoms with Crippen molar-refractivity contribution >= 4 is 54.3 Å². The SMILES string of the molecule is c1ccc2c(c1)-c1ccccc1C21c2ccccc2C2(c3ccccc3-c3cc4c(cc32)c2ccc3ccccc3c2n4-c2nc(-c3ccc4ccccc4c3)c3ccccc3n2)c2ccccc21. The zero-order valence-electron chi connectivity index (χ0n) is 37.4. The van der Waals surface area contributed by atoms with E-state index in [4.69, 9.17) is 9.97 Å². The first kappa shape index (κ1) is 37.2. The highest BCUT2D eigenvalue weighted by Gasteiger charge is 2.59. The van der Waals surface area contributed by atoms with Crippen LogP contribution in [-0.2, 0) is 10.8 Å². The summed E-state index contributed by atoms with van der Waals surface area (Å²) in [5.41, 5.74) is 19.7. The Morgan fingerprint density at radius 2 is 0.797 bits per heavy atom. The van der Waals surface area contributed by atoms with Crippen LogP contribution in [0.2, 0.25) is 0 Å². The van der Waals surface area contributed by atoms with Crippen LogP contribution in [0.15, 0.2) is 237 Å². The Labute approximate surface area is 398 Å². The molecule has 3 heteroatoms. The lowest BCUT2D eigenvalue weighted by Crippen LogP contribution is -2.43. The number of nitrogens with zero attached hydrogens (tertiary/aromatic N) is 3. The van der Waals surface area contributed by atoms with Gasteiger partial charge in [0.2, 0.25) is 5.95 Å². The highest BCUT2D eigenvalue weighted by Crippen LogP contribution is 2.67. The third-order valence-corrected chi connectivity index (χ3v) is 16.1. The summed E-state index contributed by atoms with van der Waals surface area (Å²) in [6, 6.07) is 88.2. The van der Waals surface area contributed by atoms with E-state index >= 15 is 0 Å². The summed E-state index contributed by atoms with van der Waals surface area (Å²) in [6.07, 6.45) is 0. The molecule has 3 aliphatic carbocycles. The quantitative estimate of drug-likeness (QED) is 0.173. The monoisotopic (exact) mass is 873 g/mol. The van der Waals surface area contributed by atoms with Gasteiger partial charge in [0.1, 0.15) is 0 Å². The number of rotatable bonds is 2. The summed E-state index contributed by atoms with van der Waals surface area (Å²) in [7, 11) is 0. The second kappa shape index (κ2) is 13.4. The Balaban J connectivity index is 1.04. The summed E-state index contributed by atoms with van der Waals surface area (Å²) < 4.78 is 2.36. The van der Waals surface area contributed by atoms with Crippen LogP contribution in [0.3, 0.4) is 0 Å². The molecule has 0 aliphatic heterocycles. The van der Waals surface area contributed by atoms with Crippen molar-refractivity contribution in [2.45, 2.75) is 10.8 Å². The first-order valence-electron chi connectivity index (χ1n) is 24.0. The van der Waals surface area contributed by atoms with Gasteiger partial charge in [-0.25, -0.2) is 9.97 Å². The van der Waals surface area contributed by atoms with Gasteiger partial charge in [0.25, 0.3) is 0 Å². The van der Waals surface area contributed by atoms with Gasteiger partial charge in [-0.1, -0.05) is 212 Å². The molecule has 0 bridgehead atoms. The van der Waals surface area contributed by atoms with Crippen LogP contribution in [0.25, 0.3) is 93.7 Å². The maximum absolute atomic E-state index is 5.64. The molecule has 0 amide bonds. The fourth-order valence-electron chi connectivity index (χ4n) is 13.4. The topological polar surface area (TPSA) is 30.7 Å². The van der Waals surface area contributed by atoms with E-state index in [1.165, 1.54) is 99.1 Å². The number of benzene rings is 11. The van der Waals surface area contributed by atoms with E-state index in [-0.39, 0.29) is 0 Å². The second-order valence-corrected chi connectivity index (χ2v) is 19.1. The fourth-order valence-corrected chi connectivity index (χ4v) is 13.4. The van der Waals surface area contributed by atoms with Crippen molar-refractivity contribution in [2.24, 2.45) is 0 Å². The van der Waals surface area contributed by atoms with Gasteiger partial charge in [0, 0.05) is 27.1 Å². The van der Waals surface area contributed by atoms with Gasteiger partial charge in [-0.15, -0.1) is 0 Å². The molecule has 0 saturated heterocycles. The van der Waals surface area contributed by atoms with E-state index in [1.54, 1.807) is 0 Å². The molecule has 16 rings (SSSR count). The standard InChI is InChI=1S/C66H39N3/c1-2-19-42-37-43(34-33-40(42)17-1)62-49-24-8-16-32-60(49)67-64(68-62)69-61-39-50-47-23-7-11-27-54(47)66(59(50)38-51(61)48-36-35-41-18-3-4-20-44(41)63(48)69)57-30-14-12-28-55(57)65(56-29-13-15-31-58(56)66)52-25-9-5-21-45(52)46-22-6-10-26-53(46)65/h1-39H. The van der Waals surface area contributed by atoms with Crippen LogP contribution >= 0.6 is 0 Å². The normalized spacial score (nSPS) is 14.3. The molecule has 0 atom stereocenters. The lowest BCUT2D eigenvalue weighted by Gasteiger charge is -2.48. The van der Waals surface area contributed by atoms with Crippen molar-refractivity contribution in [1.82, 2.24) is 14.5 Å². The van der Waals surface area contributed by atoms with Crippen molar-refractivity contribution < 1.29 is 0 Å². The Bertz CT molecular complexity index is 4310. The molecule has 318 valence electrons. The molecule has 2 spiro atoms. The zero-order chi connectivity index (χ0) is 45.0. The van der Waals surface area contributed by atoms with Crippen LogP contribution in [0, 0.1) is 0 Å². The average Bonchev–Trinajstić information content (AvgIpc) is 4.02. The first-order valence-corrected chi connectivity index (χ1v) is 24.0. The van der Waals surface area contributed by atoms with Crippen molar-refractivity contribution in [2.75, 3.05) is 0 Å². The third kappa shape index (κ3) is 4.58. The fraction of sp³-hybridized carbons (Fsp3) is 0.0303. The van der Waals surface area contributed by atoms with Crippen LogP contribution in [0.1, 0.15) is 44.5 Å². The van der Waals surface area contributed by atoms with Gasteiger partial charge in [0.15, 0.2) is 0 Å².